The van der Waals surface area contributed by atoms with E-state index in [0.29, 0.717) is 48.5 Å². The van der Waals surface area contributed by atoms with Crippen LogP contribution in [0.1, 0.15) is 34.3 Å². The first-order valence-electron chi connectivity index (χ1n) is 12.0. The van der Waals surface area contributed by atoms with Crippen molar-refractivity contribution in [3.8, 4) is 11.3 Å². The molecule has 2 amide bonds. The van der Waals surface area contributed by atoms with Crippen LogP contribution in [0, 0.1) is 0 Å². The largest absolute Gasteiger partial charge is 0.381 e. The van der Waals surface area contributed by atoms with Gasteiger partial charge in [0.1, 0.15) is 6.54 Å². The predicted octanol–water partition coefficient (Wildman–Crippen LogP) is 4.00. The number of amides is 2. The number of rotatable bonds is 7. The van der Waals surface area contributed by atoms with E-state index in [1.54, 1.807) is 23.0 Å². The number of anilines is 1. The molecule has 1 N–H and O–H groups in total. The molecule has 2 aromatic carbocycles. The van der Waals surface area contributed by atoms with Crippen molar-refractivity contribution in [1.82, 2.24) is 19.8 Å². The zero-order valence-electron chi connectivity index (χ0n) is 20.1. The molecule has 0 spiro atoms. The van der Waals surface area contributed by atoms with Gasteiger partial charge < -0.3 is 19.9 Å². The molecule has 0 unspecified atom stereocenters. The smallest absolute Gasteiger partial charge is 0.254 e. The van der Waals surface area contributed by atoms with Gasteiger partial charge in [0, 0.05) is 50.5 Å². The lowest BCUT2D eigenvalue weighted by Gasteiger charge is -2.23. The van der Waals surface area contributed by atoms with Crippen LogP contribution in [0.15, 0.2) is 54.7 Å². The second-order valence-corrected chi connectivity index (χ2v) is 9.60. The van der Waals surface area contributed by atoms with Crippen molar-refractivity contribution in [3.63, 3.8) is 0 Å². The molecule has 0 aliphatic carbocycles. The molecule has 2 aliphatic heterocycles. The lowest BCUT2D eigenvalue weighted by molar-refractivity contribution is -0.131. The van der Waals surface area contributed by atoms with Crippen molar-refractivity contribution in [3.05, 3.63) is 76.4 Å². The van der Waals surface area contributed by atoms with Crippen LogP contribution in [0.5, 0.6) is 0 Å². The number of ether oxygens (including phenoxy) is 1. The van der Waals surface area contributed by atoms with Crippen LogP contribution < -0.4 is 5.32 Å². The summed E-state index contributed by atoms with van der Waals surface area (Å²) in [7, 11) is 1.75. The normalized spacial score (nSPS) is 15.6. The molecule has 0 saturated carbocycles. The van der Waals surface area contributed by atoms with Crippen molar-refractivity contribution < 1.29 is 14.3 Å². The first kappa shape index (κ1) is 24.2. The highest BCUT2D eigenvalue weighted by atomic mass is 35.5. The predicted molar refractivity (Wildman–Crippen MR) is 138 cm³/mol. The van der Waals surface area contributed by atoms with Crippen molar-refractivity contribution in [2.75, 3.05) is 32.1 Å². The maximum atomic E-state index is 13.2. The summed E-state index contributed by atoms with van der Waals surface area (Å²) in [6.07, 6.45) is 3.36. The van der Waals surface area contributed by atoms with E-state index >= 15 is 0 Å². The highest BCUT2D eigenvalue weighted by Gasteiger charge is 2.30. The molecule has 0 bridgehead atoms. The van der Waals surface area contributed by atoms with Gasteiger partial charge in [0.2, 0.25) is 11.9 Å². The van der Waals surface area contributed by atoms with Crippen molar-refractivity contribution >= 4 is 29.4 Å². The Labute approximate surface area is 215 Å². The molecule has 8 nitrogen and oxygen atoms in total. The number of aromatic nitrogens is 2. The van der Waals surface area contributed by atoms with Gasteiger partial charge in [-0.25, -0.2) is 9.97 Å². The van der Waals surface area contributed by atoms with Gasteiger partial charge in [0.15, 0.2) is 0 Å². The quantitative estimate of drug-likeness (QED) is 0.522. The topological polar surface area (TPSA) is 87.7 Å². The molecule has 3 aromatic rings. The SMILES string of the molecule is CN(Cc1ccccc1)C(=O)CN1Cc2ccc(-c3nc(NC4CCOCC4)ncc3Cl)cc2C1=O. The third-order valence-corrected chi connectivity index (χ3v) is 6.85. The van der Waals surface area contributed by atoms with Crippen molar-refractivity contribution in [1.29, 1.82) is 0 Å². The third kappa shape index (κ3) is 5.34. The van der Waals surface area contributed by atoms with E-state index in [2.05, 4.69) is 15.3 Å². The number of fused-ring (bicyclic) bond motifs is 1. The summed E-state index contributed by atoms with van der Waals surface area (Å²) in [6.45, 7) is 2.35. The Balaban J connectivity index is 1.28. The van der Waals surface area contributed by atoms with E-state index in [9.17, 15) is 9.59 Å². The van der Waals surface area contributed by atoms with E-state index in [0.717, 1.165) is 29.5 Å². The van der Waals surface area contributed by atoms with Gasteiger partial charge in [-0.15, -0.1) is 0 Å². The molecule has 1 fully saturated rings. The van der Waals surface area contributed by atoms with Gasteiger partial charge >= 0.3 is 0 Å². The molecule has 0 atom stereocenters. The average molecular weight is 506 g/mol. The van der Waals surface area contributed by atoms with Gasteiger partial charge in [-0.1, -0.05) is 54.1 Å². The molecule has 3 heterocycles. The fourth-order valence-corrected chi connectivity index (χ4v) is 4.73. The van der Waals surface area contributed by atoms with Crippen LogP contribution in [-0.4, -0.2) is 64.4 Å². The highest BCUT2D eigenvalue weighted by Crippen LogP contribution is 2.31. The number of carbonyl (C=O) groups excluding carboxylic acids is 2. The van der Waals surface area contributed by atoms with Crippen LogP contribution in [0.3, 0.4) is 0 Å². The Kier molecular flexibility index (Phi) is 7.16. The summed E-state index contributed by atoms with van der Waals surface area (Å²) in [5.74, 6) is 0.226. The second kappa shape index (κ2) is 10.6. The number of likely N-dealkylation sites (N-methyl/N-ethyl adjacent to an activating group) is 1. The zero-order valence-corrected chi connectivity index (χ0v) is 20.9. The van der Waals surface area contributed by atoms with Gasteiger partial charge in [0.25, 0.3) is 5.91 Å². The highest BCUT2D eigenvalue weighted by molar-refractivity contribution is 6.33. The number of hydrogen-bond donors (Lipinski definition) is 1. The zero-order chi connectivity index (χ0) is 25.1. The van der Waals surface area contributed by atoms with Gasteiger partial charge in [-0.05, 0) is 30.0 Å². The van der Waals surface area contributed by atoms with Crippen LogP contribution in [0.25, 0.3) is 11.3 Å². The number of nitrogens with zero attached hydrogens (tertiary/aromatic N) is 4. The molecule has 2 aliphatic rings. The van der Waals surface area contributed by atoms with Crippen LogP contribution >= 0.6 is 11.6 Å². The van der Waals surface area contributed by atoms with E-state index in [-0.39, 0.29) is 24.4 Å². The molecule has 5 rings (SSSR count). The van der Waals surface area contributed by atoms with E-state index in [4.69, 9.17) is 16.3 Å². The molecule has 1 saturated heterocycles. The Hall–Kier alpha value is -3.49. The lowest BCUT2D eigenvalue weighted by atomic mass is 10.0. The van der Waals surface area contributed by atoms with Gasteiger partial charge in [-0.3, -0.25) is 9.59 Å². The van der Waals surface area contributed by atoms with Gasteiger partial charge in [0.05, 0.1) is 16.9 Å². The molecule has 36 heavy (non-hydrogen) atoms. The number of benzene rings is 2. The van der Waals surface area contributed by atoms with Crippen molar-refractivity contribution in [2.45, 2.75) is 32.0 Å². The third-order valence-electron chi connectivity index (χ3n) is 6.58. The fourth-order valence-electron chi connectivity index (χ4n) is 4.53. The Bertz CT molecular complexity index is 1260. The first-order chi connectivity index (χ1) is 17.5. The standard InChI is InChI=1S/C27H28ClN5O3/c1-32(15-18-5-3-2-4-6-18)24(34)17-33-16-20-8-7-19(13-22(20)26(33)35)25-23(28)14-29-27(31-25)30-21-9-11-36-12-10-21/h2-8,13-14,21H,9-12,15-17H2,1H3,(H,29,30,31). The molecule has 186 valence electrons. The summed E-state index contributed by atoms with van der Waals surface area (Å²) >= 11 is 6.44. The maximum Gasteiger partial charge on any atom is 0.254 e. The minimum Gasteiger partial charge on any atom is -0.381 e. The molecule has 0 radical (unpaired) electrons. The Morgan fingerprint density at radius 3 is 2.75 bits per heavy atom. The number of hydrogen-bond acceptors (Lipinski definition) is 6. The minimum atomic E-state index is -0.168. The summed E-state index contributed by atoms with van der Waals surface area (Å²) in [4.78, 5) is 38.2. The lowest BCUT2D eigenvalue weighted by Crippen LogP contribution is -2.38. The van der Waals surface area contributed by atoms with Crippen LogP contribution in [0.2, 0.25) is 5.02 Å². The summed E-state index contributed by atoms with van der Waals surface area (Å²) < 4.78 is 5.41. The van der Waals surface area contributed by atoms with Crippen LogP contribution in [0.4, 0.5) is 5.95 Å². The van der Waals surface area contributed by atoms with Crippen LogP contribution in [-0.2, 0) is 22.6 Å². The summed E-state index contributed by atoms with van der Waals surface area (Å²) in [5, 5.41) is 3.77. The molecule has 9 heteroatoms. The average Bonchev–Trinajstić information content (AvgIpc) is 3.20. The molecule has 1 aromatic heterocycles. The number of nitrogens with one attached hydrogen (secondary N) is 1. The first-order valence-corrected chi connectivity index (χ1v) is 12.4. The Morgan fingerprint density at radius 2 is 1.97 bits per heavy atom. The number of halogens is 1. The minimum absolute atomic E-state index is 0.0274. The fraction of sp³-hybridized carbons (Fsp3) is 0.333. The van der Waals surface area contributed by atoms with E-state index in [1.807, 2.05) is 48.5 Å². The molecular weight excluding hydrogens is 478 g/mol. The second-order valence-electron chi connectivity index (χ2n) is 9.19. The molecular formula is C27H28ClN5O3. The van der Waals surface area contributed by atoms with Crippen molar-refractivity contribution in [2.24, 2.45) is 0 Å². The maximum absolute atomic E-state index is 13.2. The monoisotopic (exact) mass is 505 g/mol. The van der Waals surface area contributed by atoms with Gasteiger partial charge in [-0.2, -0.15) is 0 Å². The van der Waals surface area contributed by atoms with E-state index < -0.39 is 0 Å². The number of carbonyl (C=O) groups is 2. The van der Waals surface area contributed by atoms with E-state index in [1.165, 1.54) is 0 Å². The summed E-state index contributed by atoms with van der Waals surface area (Å²) in [5.41, 5.74) is 3.79. The summed E-state index contributed by atoms with van der Waals surface area (Å²) in [6, 6.07) is 15.7. The Morgan fingerprint density at radius 1 is 1.19 bits per heavy atom.